The van der Waals surface area contributed by atoms with Crippen molar-refractivity contribution in [3.05, 3.63) is 22.4 Å². The van der Waals surface area contributed by atoms with E-state index < -0.39 is 0 Å². The van der Waals surface area contributed by atoms with Crippen LogP contribution in [0.2, 0.25) is 0 Å². The van der Waals surface area contributed by atoms with Gasteiger partial charge in [0.1, 0.15) is 0 Å². The summed E-state index contributed by atoms with van der Waals surface area (Å²) in [5, 5.41) is 5.79. The molecule has 3 aliphatic rings. The highest BCUT2D eigenvalue weighted by atomic mass is 32.1. The van der Waals surface area contributed by atoms with Gasteiger partial charge >= 0.3 is 0 Å². The Morgan fingerprint density at radius 2 is 2.00 bits per heavy atom. The lowest BCUT2D eigenvalue weighted by atomic mass is 10.2. The molecule has 1 aromatic rings. The SMILES string of the molecule is c1csc(CN(CC2CCC(CNC3CC3)O2)C2CC2)c1. The maximum absolute atomic E-state index is 6.27. The lowest BCUT2D eigenvalue weighted by molar-refractivity contribution is 0.0201. The summed E-state index contributed by atoms with van der Waals surface area (Å²) in [6.07, 6.45) is 8.89. The first-order valence-corrected chi connectivity index (χ1v) is 9.40. The summed E-state index contributed by atoms with van der Waals surface area (Å²) in [6, 6.07) is 6.04. The third-order valence-corrected chi connectivity index (χ3v) is 5.71. The van der Waals surface area contributed by atoms with Crippen LogP contribution in [0, 0.1) is 0 Å². The molecule has 2 atom stereocenters. The van der Waals surface area contributed by atoms with Gasteiger partial charge in [0.05, 0.1) is 12.2 Å². The molecule has 1 aromatic heterocycles. The van der Waals surface area contributed by atoms with E-state index in [2.05, 4.69) is 27.7 Å². The topological polar surface area (TPSA) is 24.5 Å². The summed E-state index contributed by atoms with van der Waals surface area (Å²) < 4.78 is 6.27. The number of hydrogen-bond acceptors (Lipinski definition) is 4. The Labute approximate surface area is 131 Å². The molecule has 116 valence electrons. The van der Waals surface area contributed by atoms with Crippen molar-refractivity contribution in [1.82, 2.24) is 10.2 Å². The summed E-state index contributed by atoms with van der Waals surface area (Å²) in [6.45, 7) is 3.31. The van der Waals surface area contributed by atoms with Crippen LogP contribution in [0.4, 0.5) is 0 Å². The molecule has 0 spiro atoms. The number of hydrogen-bond donors (Lipinski definition) is 1. The molecule has 2 unspecified atom stereocenters. The summed E-state index contributed by atoms with van der Waals surface area (Å²) in [5.74, 6) is 0. The number of nitrogens with zero attached hydrogens (tertiary/aromatic N) is 1. The van der Waals surface area contributed by atoms with Crippen molar-refractivity contribution in [1.29, 1.82) is 0 Å². The van der Waals surface area contributed by atoms with Crippen molar-refractivity contribution in [2.75, 3.05) is 13.1 Å². The molecule has 4 heteroatoms. The predicted molar refractivity (Wildman–Crippen MR) is 86.7 cm³/mol. The van der Waals surface area contributed by atoms with Crippen LogP contribution in [-0.2, 0) is 11.3 Å². The molecule has 0 aromatic carbocycles. The summed E-state index contributed by atoms with van der Waals surface area (Å²) in [7, 11) is 0. The van der Waals surface area contributed by atoms with Crippen LogP contribution in [-0.4, -0.2) is 42.3 Å². The molecule has 21 heavy (non-hydrogen) atoms. The largest absolute Gasteiger partial charge is 0.372 e. The highest BCUT2D eigenvalue weighted by molar-refractivity contribution is 7.09. The highest BCUT2D eigenvalue weighted by Crippen LogP contribution is 2.31. The van der Waals surface area contributed by atoms with E-state index in [0.29, 0.717) is 12.2 Å². The molecule has 1 aliphatic heterocycles. The first-order valence-electron chi connectivity index (χ1n) is 8.52. The maximum atomic E-state index is 6.27. The summed E-state index contributed by atoms with van der Waals surface area (Å²) >= 11 is 1.88. The van der Waals surface area contributed by atoms with Crippen LogP contribution in [0.3, 0.4) is 0 Å². The molecule has 0 bridgehead atoms. The zero-order valence-electron chi connectivity index (χ0n) is 12.7. The van der Waals surface area contributed by atoms with Gasteiger partial charge in [-0.2, -0.15) is 0 Å². The van der Waals surface area contributed by atoms with Crippen LogP contribution in [0.1, 0.15) is 43.4 Å². The van der Waals surface area contributed by atoms with Gasteiger partial charge in [-0.05, 0) is 50.0 Å². The molecule has 3 nitrogen and oxygen atoms in total. The predicted octanol–water partition coefficient (Wildman–Crippen LogP) is 3.01. The number of thiophene rings is 1. The zero-order valence-corrected chi connectivity index (χ0v) is 13.5. The summed E-state index contributed by atoms with van der Waals surface area (Å²) in [5.41, 5.74) is 0. The fourth-order valence-corrected chi connectivity index (χ4v) is 4.03. The fourth-order valence-electron chi connectivity index (χ4n) is 3.30. The molecular weight excluding hydrogens is 280 g/mol. The van der Waals surface area contributed by atoms with E-state index in [4.69, 9.17) is 4.74 Å². The Morgan fingerprint density at radius 3 is 2.71 bits per heavy atom. The van der Waals surface area contributed by atoms with E-state index in [0.717, 1.165) is 31.7 Å². The molecular formula is C17H26N2OS. The van der Waals surface area contributed by atoms with Crippen LogP contribution in [0.5, 0.6) is 0 Å². The molecule has 1 N–H and O–H groups in total. The molecule has 3 fully saturated rings. The Kier molecular flexibility index (Phi) is 4.30. The van der Waals surface area contributed by atoms with Crippen molar-refractivity contribution in [3.63, 3.8) is 0 Å². The van der Waals surface area contributed by atoms with Crippen LogP contribution < -0.4 is 5.32 Å². The van der Waals surface area contributed by atoms with Crippen molar-refractivity contribution in [2.45, 2.75) is 69.4 Å². The minimum absolute atomic E-state index is 0.455. The number of ether oxygens (including phenoxy) is 1. The van der Waals surface area contributed by atoms with Gasteiger partial charge in [0.2, 0.25) is 0 Å². The molecule has 2 heterocycles. The first-order chi connectivity index (χ1) is 10.4. The summed E-state index contributed by atoms with van der Waals surface area (Å²) in [4.78, 5) is 4.15. The van der Waals surface area contributed by atoms with E-state index >= 15 is 0 Å². The van der Waals surface area contributed by atoms with E-state index in [-0.39, 0.29) is 0 Å². The second-order valence-corrected chi connectivity index (χ2v) is 7.91. The average Bonchev–Trinajstić information content (AvgIpc) is 3.41. The Bertz CT molecular complexity index is 442. The van der Waals surface area contributed by atoms with Crippen LogP contribution in [0.15, 0.2) is 17.5 Å². The van der Waals surface area contributed by atoms with Crippen LogP contribution >= 0.6 is 11.3 Å². The Morgan fingerprint density at radius 1 is 1.14 bits per heavy atom. The smallest absolute Gasteiger partial charge is 0.0707 e. The third kappa shape index (κ3) is 4.07. The van der Waals surface area contributed by atoms with Gasteiger partial charge in [-0.1, -0.05) is 6.07 Å². The van der Waals surface area contributed by atoms with Gasteiger partial charge in [-0.3, -0.25) is 4.90 Å². The standard InChI is InChI=1S/C17H26N2OS/c1-2-17(21-9-1)12-19(14-5-6-14)11-16-8-7-15(20-16)10-18-13-3-4-13/h1-2,9,13-16,18H,3-8,10-12H2. The van der Waals surface area contributed by atoms with Crippen LogP contribution in [0.25, 0.3) is 0 Å². The lowest BCUT2D eigenvalue weighted by Crippen LogP contribution is -2.35. The molecule has 0 amide bonds. The van der Waals surface area contributed by atoms with E-state index in [1.54, 1.807) is 0 Å². The van der Waals surface area contributed by atoms with Crippen molar-refractivity contribution in [2.24, 2.45) is 0 Å². The second kappa shape index (κ2) is 6.37. The van der Waals surface area contributed by atoms with E-state index in [1.165, 1.54) is 43.4 Å². The quantitative estimate of drug-likeness (QED) is 0.799. The number of rotatable bonds is 8. The Hall–Kier alpha value is -0.420. The average molecular weight is 306 g/mol. The van der Waals surface area contributed by atoms with Crippen molar-refractivity contribution in [3.8, 4) is 0 Å². The minimum Gasteiger partial charge on any atom is -0.372 e. The van der Waals surface area contributed by atoms with Gasteiger partial charge in [-0.25, -0.2) is 0 Å². The van der Waals surface area contributed by atoms with Gasteiger partial charge in [-0.15, -0.1) is 11.3 Å². The van der Waals surface area contributed by atoms with Crippen molar-refractivity contribution < 1.29 is 4.74 Å². The van der Waals surface area contributed by atoms with Gasteiger partial charge < -0.3 is 10.1 Å². The molecule has 0 radical (unpaired) electrons. The second-order valence-electron chi connectivity index (χ2n) is 6.88. The zero-order chi connectivity index (χ0) is 14.1. The van der Waals surface area contributed by atoms with E-state index in [1.807, 2.05) is 11.3 Å². The van der Waals surface area contributed by atoms with Gasteiger partial charge in [0.25, 0.3) is 0 Å². The minimum atomic E-state index is 0.455. The Balaban J connectivity index is 1.25. The third-order valence-electron chi connectivity index (χ3n) is 4.85. The molecule has 4 rings (SSSR count). The molecule has 2 saturated carbocycles. The first kappa shape index (κ1) is 14.2. The monoisotopic (exact) mass is 306 g/mol. The number of nitrogens with one attached hydrogen (secondary N) is 1. The fraction of sp³-hybridized carbons (Fsp3) is 0.765. The normalized spacial score (nSPS) is 29.4. The maximum Gasteiger partial charge on any atom is 0.0707 e. The van der Waals surface area contributed by atoms with Gasteiger partial charge in [0.15, 0.2) is 0 Å². The van der Waals surface area contributed by atoms with Gasteiger partial charge in [0, 0.05) is 36.6 Å². The van der Waals surface area contributed by atoms with E-state index in [9.17, 15) is 0 Å². The van der Waals surface area contributed by atoms with Crippen molar-refractivity contribution >= 4 is 11.3 Å². The molecule has 1 saturated heterocycles. The molecule has 2 aliphatic carbocycles. The lowest BCUT2D eigenvalue weighted by Gasteiger charge is -2.25. The highest BCUT2D eigenvalue weighted by Gasteiger charge is 2.34.